The molecular weight excluding hydrogens is 422 g/mol. The second-order valence-corrected chi connectivity index (χ2v) is 8.53. The highest BCUT2D eigenvalue weighted by Gasteiger charge is 2.34. The first-order chi connectivity index (χ1) is 15.9. The Hall–Kier alpha value is -3.23. The van der Waals surface area contributed by atoms with E-state index >= 15 is 0 Å². The van der Waals surface area contributed by atoms with E-state index in [-0.39, 0.29) is 37.0 Å². The zero-order valence-corrected chi connectivity index (χ0v) is 19.1. The molecule has 0 bridgehead atoms. The highest BCUT2D eigenvalue weighted by molar-refractivity contribution is 6.06. The average molecular weight is 452 g/mol. The summed E-state index contributed by atoms with van der Waals surface area (Å²) in [6, 6.07) is 10.8. The van der Waals surface area contributed by atoms with E-state index in [2.05, 4.69) is 10.5 Å². The van der Waals surface area contributed by atoms with Crippen molar-refractivity contribution >= 4 is 17.5 Å². The molecule has 2 aliphatic heterocycles. The number of nitrogens with zero attached hydrogens (tertiary/aromatic N) is 2. The molecular formula is C25H29N3O5. The van der Waals surface area contributed by atoms with Crippen LogP contribution < -0.4 is 5.32 Å². The van der Waals surface area contributed by atoms with Crippen LogP contribution in [0.1, 0.15) is 38.3 Å². The summed E-state index contributed by atoms with van der Waals surface area (Å²) in [5, 5.41) is 16.7. The third-order valence-electron chi connectivity index (χ3n) is 6.34. The van der Waals surface area contributed by atoms with Gasteiger partial charge in [-0.2, -0.15) is 0 Å². The zero-order chi connectivity index (χ0) is 23.5. The van der Waals surface area contributed by atoms with Crippen LogP contribution in [0.5, 0.6) is 0 Å². The van der Waals surface area contributed by atoms with Crippen LogP contribution in [0.4, 0.5) is 0 Å². The fraction of sp³-hybridized carbons (Fsp3) is 0.400. The van der Waals surface area contributed by atoms with Gasteiger partial charge in [0.05, 0.1) is 44.2 Å². The molecule has 0 spiro atoms. The van der Waals surface area contributed by atoms with Crippen LogP contribution in [0.15, 0.2) is 41.6 Å². The van der Waals surface area contributed by atoms with Gasteiger partial charge in [0.1, 0.15) is 7.11 Å². The molecule has 2 aromatic carbocycles. The van der Waals surface area contributed by atoms with E-state index in [4.69, 9.17) is 9.57 Å². The van der Waals surface area contributed by atoms with Crippen molar-refractivity contribution in [2.45, 2.75) is 32.4 Å². The predicted octanol–water partition coefficient (Wildman–Crippen LogP) is 2.31. The van der Waals surface area contributed by atoms with Crippen LogP contribution in [-0.4, -0.2) is 73.1 Å². The molecule has 2 N–H and O–H groups in total. The first kappa shape index (κ1) is 22.9. The number of aryl methyl sites for hydroxylation is 1. The number of oxime groups is 1. The number of likely N-dealkylation sites (tertiary alicyclic amines) is 1. The molecule has 2 aliphatic rings. The van der Waals surface area contributed by atoms with Crippen LogP contribution in [0.2, 0.25) is 0 Å². The molecule has 8 heteroatoms. The maximum Gasteiger partial charge on any atom is 0.254 e. The Kier molecular flexibility index (Phi) is 6.76. The Morgan fingerprint density at radius 1 is 1.21 bits per heavy atom. The van der Waals surface area contributed by atoms with E-state index in [9.17, 15) is 14.7 Å². The van der Waals surface area contributed by atoms with E-state index in [0.29, 0.717) is 36.5 Å². The van der Waals surface area contributed by atoms with Crippen LogP contribution in [0.25, 0.3) is 11.1 Å². The van der Waals surface area contributed by atoms with Crippen molar-refractivity contribution in [2.24, 2.45) is 5.16 Å². The van der Waals surface area contributed by atoms with E-state index in [1.165, 1.54) is 7.11 Å². The summed E-state index contributed by atoms with van der Waals surface area (Å²) in [6.45, 7) is 5.12. The van der Waals surface area contributed by atoms with Crippen LogP contribution in [0.3, 0.4) is 0 Å². The van der Waals surface area contributed by atoms with Crippen molar-refractivity contribution in [1.29, 1.82) is 0 Å². The smallest absolute Gasteiger partial charge is 0.254 e. The largest absolute Gasteiger partial charge is 0.399 e. The third kappa shape index (κ3) is 4.62. The lowest BCUT2D eigenvalue weighted by Gasteiger charge is -2.27. The number of hydrogen-bond donors (Lipinski definition) is 2. The van der Waals surface area contributed by atoms with Gasteiger partial charge in [-0.15, -0.1) is 0 Å². The molecule has 2 amide bonds. The molecule has 1 atom stereocenters. The fourth-order valence-corrected chi connectivity index (χ4v) is 4.26. The number of carbonyl (C=O) groups is 2. The molecule has 2 fully saturated rings. The van der Waals surface area contributed by atoms with Crippen molar-refractivity contribution in [1.82, 2.24) is 10.2 Å². The molecule has 8 nitrogen and oxygen atoms in total. The fourth-order valence-electron chi connectivity index (χ4n) is 4.26. The maximum atomic E-state index is 13.4. The minimum absolute atomic E-state index is 0.0338. The number of amides is 2. The Bertz CT molecular complexity index is 1090. The second-order valence-electron chi connectivity index (χ2n) is 8.53. The Labute approximate surface area is 193 Å². The number of benzene rings is 2. The van der Waals surface area contributed by atoms with Gasteiger partial charge in [0.2, 0.25) is 0 Å². The summed E-state index contributed by atoms with van der Waals surface area (Å²) in [6.07, 6.45) is 0.450. The summed E-state index contributed by atoms with van der Waals surface area (Å²) < 4.78 is 5.18. The van der Waals surface area contributed by atoms with Gasteiger partial charge >= 0.3 is 0 Å². The second kappa shape index (κ2) is 9.72. The number of nitrogens with one attached hydrogen (secondary N) is 1. The molecule has 2 heterocycles. The minimum atomic E-state index is -0.380. The van der Waals surface area contributed by atoms with Crippen molar-refractivity contribution < 1.29 is 24.3 Å². The van der Waals surface area contributed by atoms with Gasteiger partial charge < -0.3 is 24.9 Å². The standard InChI is InChI=1S/C25H29N3O5/c1-15-5-4-6-21(16(15)2)22-8-7-17(9-23(22)24(30)26-19-13-33-14-19)25(31)28-11-18(27-32-3)10-20(28)12-29/h4-9,19-20,29H,10-14H2,1-3H3,(H,26,30)/b27-18+. The van der Waals surface area contributed by atoms with Crippen LogP contribution in [0, 0.1) is 13.8 Å². The summed E-state index contributed by atoms with van der Waals surface area (Å²) in [7, 11) is 1.45. The summed E-state index contributed by atoms with van der Waals surface area (Å²) in [5.41, 5.74) is 5.44. The van der Waals surface area contributed by atoms with Crippen LogP contribution >= 0.6 is 0 Å². The molecule has 0 aliphatic carbocycles. The molecule has 0 saturated carbocycles. The van der Waals surface area contributed by atoms with E-state index in [1.807, 2.05) is 38.1 Å². The molecule has 2 saturated heterocycles. The summed E-state index contributed by atoms with van der Waals surface area (Å²) >= 11 is 0. The van der Waals surface area contributed by atoms with Crippen molar-refractivity contribution in [3.8, 4) is 11.1 Å². The minimum Gasteiger partial charge on any atom is -0.399 e. The highest BCUT2D eigenvalue weighted by atomic mass is 16.6. The quantitative estimate of drug-likeness (QED) is 0.657. The monoisotopic (exact) mass is 451 g/mol. The van der Waals surface area contributed by atoms with Gasteiger partial charge in [-0.1, -0.05) is 29.4 Å². The molecule has 33 heavy (non-hydrogen) atoms. The number of ether oxygens (including phenoxy) is 1. The van der Waals surface area contributed by atoms with E-state index in [0.717, 1.165) is 22.3 Å². The highest BCUT2D eigenvalue weighted by Crippen LogP contribution is 2.30. The lowest BCUT2D eigenvalue weighted by Crippen LogP contribution is -2.48. The lowest BCUT2D eigenvalue weighted by molar-refractivity contribution is -0.00345. The molecule has 4 rings (SSSR count). The van der Waals surface area contributed by atoms with Gasteiger partial charge in [0.15, 0.2) is 0 Å². The number of aliphatic hydroxyl groups excluding tert-OH is 1. The van der Waals surface area contributed by atoms with Crippen molar-refractivity contribution in [3.63, 3.8) is 0 Å². The molecule has 2 aromatic rings. The summed E-state index contributed by atoms with van der Waals surface area (Å²) in [4.78, 5) is 33.0. The number of hydrogen-bond acceptors (Lipinski definition) is 6. The van der Waals surface area contributed by atoms with E-state index < -0.39 is 0 Å². The normalized spacial score (nSPS) is 19.5. The van der Waals surface area contributed by atoms with Gasteiger partial charge in [-0.05, 0) is 48.2 Å². The maximum absolute atomic E-state index is 13.4. The number of aliphatic hydroxyl groups is 1. The number of carbonyl (C=O) groups excluding carboxylic acids is 2. The van der Waals surface area contributed by atoms with Gasteiger partial charge in [0.25, 0.3) is 11.8 Å². The van der Waals surface area contributed by atoms with Crippen LogP contribution in [-0.2, 0) is 9.57 Å². The van der Waals surface area contributed by atoms with Gasteiger partial charge in [-0.25, -0.2) is 0 Å². The van der Waals surface area contributed by atoms with Crippen molar-refractivity contribution in [3.05, 3.63) is 58.7 Å². The Morgan fingerprint density at radius 2 is 2.00 bits per heavy atom. The molecule has 1 unspecified atom stereocenters. The Balaban J connectivity index is 1.72. The van der Waals surface area contributed by atoms with Gasteiger partial charge in [0, 0.05) is 17.5 Å². The van der Waals surface area contributed by atoms with E-state index in [1.54, 1.807) is 17.0 Å². The zero-order valence-electron chi connectivity index (χ0n) is 19.1. The lowest BCUT2D eigenvalue weighted by atomic mass is 9.91. The van der Waals surface area contributed by atoms with Crippen molar-refractivity contribution in [2.75, 3.05) is 33.5 Å². The average Bonchev–Trinajstić information content (AvgIpc) is 3.20. The van der Waals surface area contributed by atoms with Gasteiger partial charge in [-0.3, -0.25) is 9.59 Å². The first-order valence-electron chi connectivity index (χ1n) is 11.0. The number of rotatable bonds is 6. The predicted molar refractivity (Wildman–Crippen MR) is 124 cm³/mol. The molecule has 0 radical (unpaired) electrons. The SMILES string of the molecule is CO/N=C1\CC(CO)N(C(=O)c2ccc(-c3cccc(C)c3C)c(C(=O)NC3COC3)c2)C1. The molecule has 174 valence electrons. The molecule has 0 aromatic heterocycles. The topological polar surface area (TPSA) is 100 Å². The first-order valence-corrected chi connectivity index (χ1v) is 11.0. The summed E-state index contributed by atoms with van der Waals surface area (Å²) in [5.74, 6) is -0.500. The third-order valence-corrected chi connectivity index (χ3v) is 6.34. The Morgan fingerprint density at radius 3 is 2.67 bits per heavy atom.